The topological polar surface area (TPSA) is 70.4 Å². The number of halogens is 1. The van der Waals surface area contributed by atoms with E-state index in [0.717, 1.165) is 0 Å². The maximum absolute atomic E-state index is 13.2. The number of hydrogen-bond acceptors (Lipinski definition) is 5. The van der Waals surface area contributed by atoms with E-state index in [2.05, 4.69) is 0 Å². The number of hydrogen-bond donors (Lipinski definition) is 0. The molecule has 31 heavy (non-hydrogen) atoms. The lowest BCUT2D eigenvalue weighted by atomic mass is 10.1. The van der Waals surface area contributed by atoms with Crippen LogP contribution in [0.1, 0.15) is 16.9 Å². The van der Waals surface area contributed by atoms with Gasteiger partial charge in [0.15, 0.2) is 6.61 Å². The Hall–Kier alpha value is -3.76. The van der Waals surface area contributed by atoms with Crippen LogP contribution in [-0.4, -0.2) is 25.0 Å². The van der Waals surface area contributed by atoms with Gasteiger partial charge in [-0.3, -0.25) is 4.79 Å². The molecule has 0 aliphatic heterocycles. The van der Waals surface area contributed by atoms with Crippen molar-refractivity contribution in [2.24, 2.45) is 0 Å². The van der Waals surface area contributed by atoms with E-state index in [9.17, 15) is 14.0 Å². The maximum atomic E-state index is 13.2. The van der Waals surface area contributed by atoms with Gasteiger partial charge in [-0.25, -0.2) is 9.18 Å². The van der Waals surface area contributed by atoms with Crippen molar-refractivity contribution in [2.75, 3.05) is 18.1 Å². The van der Waals surface area contributed by atoms with Gasteiger partial charge >= 0.3 is 5.97 Å². The number of anilines is 1. The molecule has 0 N–H and O–H groups in total. The van der Waals surface area contributed by atoms with E-state index in [4.69, 9.17) is 10.00 Å². The lowest BCUT2D eigenvalue weighted by molar-refractivity contribution is -0.142. The second-order valence-electron chi connectivity index (χ2n) is 6.45. The summed E-state index contributed by atoms with van der Waals surface area (Å²) in [5, 5.41) is 10.7. The Kier molecular flexibility index (Phi) is 7.68. The number of rotatable bonds is 8. The van der Waals surface area contributed by atoms with E-state index < -0.39 is 18.5 Å². The number of amides is 1. The standard InChI is InChI=1S/C24H19FN2O3S/c25-19-11-9-18(10-12-19)16-21(22-8-4-15-31-22)24(29)30-17-23(28)27(14-5-13-26)20-6-2-1-3-7-20/h1-4,6-12,15-16H,5,14,17H2/b21-16+. The smallest absolute Gasteiger partial charge is 0.340 e. The van der Waals surface area contributed by atoms with Gasteiger partial charge < -0.3 is 9.64 Å². The molecule has 7 heteroatoms. The predicted octanol–water partition coefficient (Wildman–Crippen LogP) is 4.92. The van der Waals surface area contributed by atoms with Crippen molar-refractivity contribution < 1.29 is 18.7 Å². The summed E-state index contributed by atoms with van der Waals surface area (Å²) < 4.78 is 18.5. The highest BCUT2D eigenvalue weighted by molar-refractivity contribution is 7.11. The highest BCUT2D eigenvalue weighted by atomic mass is 32.1. The fourth-order valence-electron chi connectivity index (χ4n) is 2.84. The zero-order valence-corrected chi connectivity index (χ0v) is 17.3. The van der Waals surface area contributed by atoms with Crippen LogP contribution in [0.25, 0.3) is 11.6 Å². The first-order valence-electron chi connectivity index (χ1n) is 9.49. The van der Waals surface area contributed by atoms with E-state index >= 15 is 0 Å². The van der Waals surface area contributed by atoms with Gasteiger partial charge in [0.1, 0.15) is 5.82 Å². The minimum Gasteiger partial charge on any atom is -0.452 e. The minimum absolute atomic E-state index is 0.152. The Balaban J connectivity index is 1.76. The quantitative estimate of drug-likeness (QED) is 0.373. The highest BCUT2D eigenvalue weighted by Gasteiger charge is 2.20. The number of ether oxygens (including phenoxy) is 1. The fraction of sp³-hybridized carbons (Fsp3) is 0.125. The van der Waals surface area contributed by atoms with Crippen LogP contribution in [0.4, 0.5) is 10.1 Å². The van der Waals surface area contributed by atoms with Gasteiger partial charge in [-0.15, -0.1) is 11.3 Å². The van der Waals surface area contributed by atoms with Crippen molar-refractivity contribution in [3.05, 3.63) is 88.4 Å². The summed E-state index contributed by atoms with van der Waals surface area (Å²) in [5.41, 5.74) is 1.53. The molecule has 0 bridgehead atoms. The summed E-state index contributed by atoms with van der Waals surface area (Å²) in [6.45, 7) is -0.272. The number of carbonyl (C=O) groups excluding carboxylic acids is 2. The number of esters is 1. The molecule has 0 fully saturated rings. The van der Waals surface area contributed by atoms with Gasteiger partial charge in [0.25, 0.3) is 5.91 Å². The van der Waals surface area contributed by atoms with Crippen LogP contribution in [0.15, 0.2) is 72.1 Å². The normalized spacial score (nSPS) is 10.9. The van der Waals surface area contributed by atoms with E-state index in [1.165, 1.54) is 28.4 Å². The number of para-hydroxylation sites is 1. The summed E-state index contributed by atoms with van der Waals surface area (Å²) in [4.78, 5) is 27.6. The molecule has 0 atom stereocenters. The molecule has 1 heterocycles. The molecule has 0 spiro atoms. The fourth-order valence-corrected chi connectivity index (χ4v) is 3.57. The van der Waals surface area contributed by atoms with Gasteiger partial charge in [0, 0.05) is 17.1 Å². The molecule has 0 aliphatic carbocycles. The van der Waals surface area contributed by atoms with Crippen LogP contribution in [0.5, 0.6) is 0 Å². The van der Waals surface area contributed by atoms with Crippen molar-refractivity contribution in [1.82, 2.24) is 0 Å². The van der Waals surface area contributed by atoms with Crippen LogP contribution < -0.4 is 4.90 Å². The molecule has 0 unspecified atom stereocenters. The lowest BCUT2D eigenvalue weighted by Gasteiger charge is -2.21. The third kappa shape index (κ3) is 6.11. The van der Waals surface area contributed by atoms with E-state index in [1.54, 1.807) is 54.6 Å². The summed E-state index contributed by atoms with van der Waals surface area (Å²) >= 11 is 1.36. The molecule has 2 aromatic carbocycles. The van der Waals surface area contributed by atoms with Gasteiger partial charge in [-0.2, -0.15) is 5.26 Å². The van der Waals surface area contributed by atoms with Gasteiger partial charge in [-0.05, 0) is 47.4 Å². The average molecular weight is 434 g/mol. The van der Waals surface area contributed by atoms with Crippen LogP contribution in [0, 0.1) is 17.1 Å². The zero-order valence-electron chi connectivity index (χ0n) is 16.5. The van der Waals surface area contributed by atoms with E-state index in [-0.39, 0.29) is 24.4 Å². The summed E-state index contributed by atoms with van der Waals surface area (Å²) in [5.74, 6) is -1.46. The second kappa shape index (κ2) is 10.9. The Morgan fingerprint density at radius 2 is 1.81 bits per heavy atom. The predicted molar refractivity (Wildman–Crippen MR) is 119 cm³/mol. The van der Waals surface area contributed by atoms with Crippen LogP contribution in [0.3, 0.4) is 0 Å². The SMILES string of the molecule is N#CCCN(C(=O)COC(=O)/C(=C/c1ccc(F)cc1)c1cccs1)c1ccccc1. The van der Waals surface area contributed by atoms with Gasteiger partial charge in [-0.1, -0.05) is 36.4 Å². The third-order valence-electron chi connectivity index (χ3n) is 4.33. The second-order valence-corrected chi connectivity index (χ2v) is 7.40. The third-order valence-corrected chi connectivity index (χ3v) is 5.23. The van der Waals surface area contributed by atoms with Crippen molar-refractivity contribution in [3.8, 4) is 6.07 Å². The Labute approximate surface area is 183 Å². The number of thiophene rings is 1. The molecule has 5 nitrogen and oxygen atoms in total. The summed E-state index contributed by atoms with van der Waals surface area (Å²) in [6, 6.07) is 20.2. The molecule has 0 radical (unpaired) electrons. The first kappa shape index (κ1) is 21.9. The minimum atomic E-state index is -0.659. The zero-order chi connectivity index (χ0) is 22.1. The molecule has 0 aliphatic rings. The average Bonchev–Trinajstić information content (AvgIpc) is 3.32. The number of benzene rings is 2. The first-order chi connectivity index (χ1) is 15.1. The van der Waals surface area contributed by atoms with Crippen LogP contribution in [-0.2, 0) is 14.3 Å². The van der Waals surface area contributed by atoms with Crippen molar-refractivity contribution in [2.45, 2.75) is 6.42 Å². The molecular weight excluding hydrogens is 415 g/mol. The van der Waals surface area contributed by atoms with Crippen molar-refractivity contribution in [1.29, 1.82) is 5.26 Å². The monoisotopic (exact) mass is 434 g/mol. The molecular formula is C24H19FN2O3S. The van der Waals surface area contributed by atoms with Crippen molar-refractivity contribution in [3.63, 3.8) is 0 Å². The maximum Gasteiger partial charge on any atom is 0.340 e. The first-order valence-corrected chi connectivity index (χ1v) is 10.4. The summed E-state index contributed by atoms with van der Waals surface area (Å²) in [6.07, 6.45) is 1.75. The number of nitriles is 1. The molecule has 1 amide bonds. The Morgan fingerprint density at radius 1 is 1.06 bits per heavy atom. The Bertz CT molecular complexity index is 1090. The van der Waals surface area contributed by atoms with E-state index in [1.807, 2.05) is 17.5 Å². The largest absolute Gasteiger partial charge is 0.452 e. The number of carbonyl (C=O) groups is 2. The Morgan fingerprint density at radius 3 is 2.45 bits per heavy atom. The molecule has 3 aromatic rings. The van der Waals surface area contributed by atoms with Gasteiger partial charge in [0.2, 0.25) is 0 Å². The molecule has 0 saturated carbocycles. The summed E-state index contributed by atoms with van der Waals surface area (Å²) in [7, 11) is 0. The number of nitrogens with zero attached hydrogens (tertiary/aromatic N) is 2. The molecule has 1 aromatic heterocycles. The lowest BCUT2D eigenvalue weighted by Crippen LogP contribution is -2.35. The highest BCUT2D eigenvalue weighted by Crippen LogP contribution is 2.24. The molecule has 3 rings (SSSR count). The van der Waals surface area contributed by atoms with Crippen molar-refractivity contribution >= 4 is 40.5 Å². The van der Waals surface area contributed by atoms with Gasteiger partial charge in [0.05, 0.1) is 18.1 Å². The van der Waals surface area contributed by atoms with Crippen LogP contribution in [0.2, 0.25) is 0 Å². The molecule has 0 saturated heterocycles. The van der Waals surface area contributed by atoms with E-state index in [0.29, 0.717) is 16.1 Å². The molecule has 156 valence electrons. The van der Waals surface area contributed by atoms with Crippen LogP contribution >= 0.6 is 11.3 Å².